The molecule has 3 rings (SSSR count). The van der Waals surface area contributed by atoms with Crippen molar-refractivity contribution in [2.75, 3.05) is 23.3 Å². The SMILES string of the molecule is CCNC1C(=O)Nc2cc(N3CCCC3(C)C)ccc21. The maximum atomic E-state index is 12.0. The lowest BCUT2D eigenvalue weighted by Gasteiger charge is -2.34. The topological polar surface area (TPSA) is 44.4 Å². The van der Waals surface area contributed by atoms with Gasteiger partial charge < -0.3 is 15.5 Å². The third-order valence-corrected chi connectivity index (χ3v) is 4.49. The summed E-state index contributed by atoms with van der Waals surface area (Å²) in [7, 11) is 0. The molecule has 0 saturated carbocycles. The van der Waals surface area contributed by atoms with Gasteiger partial charge in [-0.1, -0.05) is 13.0 Å². The zero-order chi connectivity index (χ0) is 14.3. The second-order valence-electron chi connectivity index (χ2n) is 6.32. The highest BCUT2D eigenvalue weighted by atomic mass is 16.2. The summed E-state index contributed by atoms with van der Waals surface area (Å²) in [4.78, 5) is 14.4. The monoisotopic (exact) mass is 273 g/mol. The lowest BCUT2D eigenvalue weighted by molar-refractivity contribution is -0.117. The van der Waals surface area contributed by atoms with Gasteiger partial charge in [0.25, 0.3) is 0 Å². The normalized spacial score (nSPS) is 23.9. The number of benzene rings is 1. The Labute approximate surface area is 120 Å². The number of rotatable bonds is 3. The molecule has 0 aliphatic carbocycles. The summed E-state index contributed by atoms with van der Waals surface area (Å²) < 4.78 is 0. The quantitative estimate of drug-likeness (QED) is 0.890. The first kappa shape index (κ1) is 13.4. The van der Waals surface area contributed by atoms with Crippen LogP contribution in [-0.4, -0.2) is 24.5 Å². The molecule has 2 N–H and O–H groups in total. The summed E-state index contributed by atoms with van der Waals surface area (Å²) >= 11 is 0. The fourth-order valence-electron chi connectivity index (χ4n) is 3.41. The number of likely N-dealkylation sites (N-methyl/N-ethyl adjacent to an activating group) is 1. The summed E-state index contributed by atoms with van der Waals surface area (Å²) in [5.74, 6) is 0.0553. The molecule has 2 heterocycles. The van der Waals surface area contributed by atoms with Gasteiger partial charge in [0, 0.05) is 29.0 Å². The number of fused-ring (bicyclic) bond motifs is 1. The van der Waals surface area contributed by atoms with Crippen molar-refractivity contribution in [3.05, 3.63) is 23.8 Å². The Morgan fingerprint density at radius 2 is 2.25 bits per heavy atom. The molecule has 4 heteroatoms. The number of carbonyl (C=O) groups excluding carboxylic acids is 1. The van der Waals surface area contributed by atoms with Crippen LogP contribution >= 0.6 is 0 Å². The van der Waals surface area contributed by atoms with Crippen molar-refractivity contribution < 1.29 is 4.79 Å². The molecule has 20 heavy (non-hydrogen) atoms. The van der Waals surface area contributed by atoms with Crippen molar-refractivity contribution in [1.29, 1.82) is 0 Å². The van der Waals surface area contributed by atoms with E-state index in [4.69, 9.17) is 0 Å². The van der Waals surface area contributed by atoms with Gasteiger partial charge >= 0.3 is 0 Å². The molecule has 108 valence electrons. The molecule has 1 aromatic carbocycles. The predicted octanol–water partition coefficient (Wildman–Crippen LogP) is 2.67. The molecule has 2 aliphatic rings. The molecule has 1 amide bonds. The van der Waals surface area contributed by atoms with Crippen LogP contribution in [0.3, 0.4) is 0 Å². The second-order valence-corrected chi connectivity index (χ2v) is 6.32. The van der Waals surface area contributed by atoms with Crippen molar-refractivity contribution in [3.8, 4) is 0 Å². The van der Waals surface area contributed by atoms with E-state index in [1.54, 1.807) is 0 Å². The molecule has 4 nitrogen and oxygen atoms in total. The van der Waals surface area contributed by atoms with E-state index in [9.17, 15) is 4.79 Å². The smallest absolute Gasteiger partial charge is 0.246 e. The van der Waals surface area contributed by atoms with Gasteiger partial charge in [0.1, 0.15) is 6.04 Å². The molecule has 2 aliphatic heterocycles. The predicted molar refractivity (Wildman–Crippen MR) is 82.1 cm³/mol. The molecule has 1 aromatic rings. The van der Waals surface area contributed by atoms with Gasteiger partial charge in [0.2, 0.25) is 5.91 Å². The van der Waals surface area contributed by atoms with Crippen molar-refractivity contribution >= 4 is 17.3 Å². The molecule has 1 atom stereocenters. The fourth-order valence-corrected chi connectivity index (χ4v) is 3.41. The van der Waals surface area contributed by atoms with Gasteiger partial charge in [-0.05, 0) is 45.4 Å². The van der Waals surface area contributed by atoms with Crippen LogP contribution < -0.4 is 15.5 Å². The lowest BCUT2D eigenvalue weighted by Crippen LogP contribution is -2.38. The standard InChI is InChI=1S/C16H23N3O/c1-4-17-14-12-7-6-11(10-13(12)18-15(14)20)19-9-5-8-16(19,2)3/h6-7,10,14,17H,4-5,8-9H2,1-3H3,(H,18,20). The third-order valence-electron chi connectivity index (χ3n) is 4.49. The van der Waals surface area contributed by atoms with Gasteiger partial charge in [-0.15, -0.1) is 0 Å². The molecule has 0 spiro atoms. The van der Waals surface area contributed by atoms with Crippen molar-refractivity contribution in [2.24, 2.45) is 0 Å². The van der Waals surface area contributed by atoms with Gasteiger partial charge in [-0.25, -0.2) is 0 Å². The van der Waals surface area contributed by atoms with Crippen LogP contribution in [0.25, 0.3) is 0 Å². The fraction of sp³-hybridized carbons (Fsp3) is 0.562. The molecule has 0 bridgehead atoms. The molecular weight excluding hydrogens is 250 g/mol. The van der Waals surface area contributed by atoms with Crippen LogP contribution in [0, 0.1) is 0 Å². The van der Waals surface area contributed by atoms with Crippen LogP contribution in [0.2, 0.25) is 0 Å². The Kier molecular flexibility index (Phi) is 3.21. The van der Waals surface area contributed by atoms with Crippen molar-refractivity contribution in [2.45, 2.75) is 45.2 Å². The maximum absolute atomic E-state index is 12.0. The summed E-state index contributed by atoms with van der Waals surface area (Å²) in [6, 6.07) is 6.16. The van der Waals surface area contributed by atoms with E-state index in [1.165, 1.54) is 18.5 Å². The minimum atomic E-state index is -0.198. The largest absolute Gasteiger partial charge is 0.366 e. The van der Waals surface area contributed by atoms with Crippen LogP contribution in [0.15, 0.2) is 18.2 Å². The van der Waals surface area contributed by atoms with Crippen LogP contribution in [0.1, 0.15) is 45.2 Å². The van der Waals surface area contributed by atoms with Crippen LogP contribution in [-0.2, 0) is 4.79 Å². The zero-order valence-electron chi connectivity index (χ0n) is 12.5. The Morgan fingerprint density at radius 3 is 2.90 bits per heavy atom. The summed E-state index contributed by atoms with van der Waals surface area (Å²) in [5, 5.41) is 6.23. The highest BCUT2D eigenvalue weighted by molar-refractivity contribution is 6.03. The molecular formula is C16H23N3O. The Hall–Kier alpha value is -1.55. The zero-order valence-corrected chi connectivity index (χ0v) is 12.5. The number of amides is 1. The average molecular weight is 273 g/mol. The number of hydrogen-bond acceptors (Lipinski definition) is 3. The second kappa shape index (κ2) is 4.77. The van der Waals surface area contributed by atoms with Crippen molar-refractivity contribution in [1.82, 2.24) is 5.32 Å². The molecule has 0 radical (unpaired) electrons. The van der Waals surface area contributed by atoms with Gasteiger partial charge in [0.05, 0.1) is 0 Å². The molecule has 1 fully saturated rings. The van der Waals surface area contributed by atoms with Crippen LogP contribution in [0.4, 0.5) is 11.4 Å². The van der Waals surface area contributed by atoms with E-state index < -0.39 is 0 Å². The minimum Gasteiger partial charge on any atom is -0.366 e. The average Bonchev–Trinajstić information content (AvgIpc) is 2.89. The number of nitrogens with one attached hydrogen (secondary N) is 2. The van der Waals surface area contributed by atoms with E-state index in [0.29, 0.717) is 0 Å². The Morgan fingerprint density at radius 1 is 1.45 bits per heavy atom. The number of nitrogens with zero attached hydrogens (tertiary/aromatic N) is 1. The highest BCUT2D eigenvalue weighted by Gasteiger charge is 2.34. The molecule has 0 aromatic heterocycles. The van der Waals surface area contributed by atoms with Crippen LogP contribution in [0.5, 0.6) is 0 Å². The van der Waals surface area contributed by atoms with E-state index in [2.05, 4.69) is 47.6 Å². The van der Waals surface area contributed by atoms with Gasteiger partial charge in [-0.2, -0.15) is 0 Å². The van der Waals surface area contributed by atoms with E-state index in [0.717, 1.165) is 24.3 Å². The van der Waals surface area contributed by atoms with E-state index in [1.807, 2.05) is 6.92 Å². The number of carbonyl (C=O) groups is 1. The lowest BCUT2D eigenvalue weighted by atomic mass is 10.0. The maximum Gasteiger partial charge on any atom is 0.246 e. The van der Waals surface area contributed by atoms with Gasteiger partial charge in [-0.3, -0.25) is 4.79 Å². The van der Waals surface area contributed by atoms with Crippen molar-refractivity contribution in [3.63, 3.8) is 0 Å². The summed E-state index contributed by atoms with van der Waals surface area (Å²) in [6.45, 7) is 8.47. The van der Waals surface area contributed by atoms with E-state index in [-0.39, 0.29) is 17.5 Å². The first-order chi connectivity index (χ1) is 9.53. The number of anilines is 2. The minimum absolute atomic E-state index is 0.0553. The first-order valence-corrected chi connectivity index (χ1v) is 7.49. The summed E-state index contributed by atoms with van der Waals surface area (Å²) in [5.41, 5.74) is 3.44. The highest BCUT2D eigenvalue weighted by Crippen LogP contribution is 2.38. The molecule has 1 unspecified atom stereocenters. The van der Waals surface area contributed by atoms with E-state index >= 15 is 0 Å². The Bertz CT molecular complexity index is 539. The first-order valence-electron chi connectivity index (χ1n) is 7.49. The Balaban J connectivity index is 1.92. The third kappa shape index (κ3) is 2.08. The van der Waals surface area contributed by atoms with Gasteiger partial charge in [0.15, 0.2) is 0 Å². The molecule has 1 saturated heterocycles. The number of hydrogen-bond donors (Lipinski definition) is 2. The summed E-state index contributed by atoms with van der Waals surface area (Å²) in [6.07, 6.45) is 2.45.